The number of hydrogen-bond acceptors (Lipinski definition) is 6. The Morgan fingerprint density at radius 1 is 1.16 bits per heavy atom. The van der Waals surface area contributed by atoms with Gasteiger partial charge in [0.1, 0.15) is 17.2 Å². The molecule has 2 aromatic rings. The number of benzene rings is 1. The van der Waals surface area contributed by atoms with Gasteiger partial charge in [-0.2, -0.15) is 0 Å². The first-order valence-electron chi connectivity index (χ1n) is 8.29. The standard InChI is InChI=1S/C18H22N4O3/c1-24-14-2-4-15(5-3-14)25-18-17(20-8-9-21-18)13-6-10-22(11-7-13)12-16(19)23/h2-5,8-9,13H,6-7,10-12H2,1H3,(H2,19,23). The number of piperidine rings is 1. The summed E-state index contributed by atoms with van der Waals surface area (Å²) in [4.78, 5) is 22.0. The summed E-state index contributed by atoms with van der Waals surface area (Å²) < 4.78 is 11.1. The fourth-order valence-corrected chi connectivity index (χ4v) is 3.03. The zero-order valence-electron chi connectivity index (χ0n) is 14.2. The van der Waals surface area contributed by atoms with E-state index in [0.717, 1.165) is 37.4 Å². The highest BCUT2D eigenvalue weighted by molar-refractivity contribution is 5.75. The molecule has 2 N–H and O–H groups in total. The molecule has 0 bridgehead atoms. The lowest BCUT2D eigenvalue weighted by atomic mass is 9.93. The summed E-state index contributed by atoms with van der Waals surface area (Å²) in [6.07, 6.45) is 5.10. The summed E-state index contributed by atoms with van der Waals surface area (Å²) in [5.74, 6) is 1.95. The monoisotopic (exact) mass is 342 g/mol. The largest absolute Gasteiger partial charge is 0.497 e. The van der Waals surface area contributed by atoms with Crippen molar-refractivity contribution in [3.63, 3.8) is 0 Å². The molecule has 0 atom stereocenters. The molecule has 7 heteroatoms. The van der Waals surface area contributed by atoms with Crippen molar-refractivity contribution < 1.29 is 14.3 Å². The molecule has 1 amide bonds. The normalized spacial score (nSPS) is 15.7. The van der Waals surface area contributed by atoms with Crippen LogP contribution in [0.5, 0.6) is 17.4 Å². The first-order valence-corrected chi connectivity index (χ1v) is 8.29. The Morgan fingerprint density at radius 2 is 1.80 bits per heavy atom. The highest BCUT2D eigenvalue weighted by atomic mass is 16.5. The summed E-state index contributed by atoms with van der Waals surface area (Å²) in [5, 5.41) is 0. The van der Waals surface area contributed by atoms with Crippen molar-refractivity contribution in [2.45, 2.75) is 18.8 Å². The molecule has 1 aromatic carbocycles. The summed E-state index contributed by atoms with van der Waals surface area (Å²) in [6, 6.07) is 7.36. The Hall–Kier alpha value is -2.67. The van der Waals surface area contributed by atoms with Gasteiger partial charge in [0.25, 0.3) is 0 Å². The Bertz CT molecular complexity index is 713. The Labute approximate surface area is 146 Å². The first-order chi connectivity index (χ1) is 12.2. The highest BCUT2D eigenvalue weighted by Gasteiger charge is 2.25. The predicted molar refractivity (Wildman–Crippen MR) is 92.7 cm³/mol. The van der Waals surface area contributed by atoms with Crippen LogP contribution in [0.4, 0.5) is 0 Å². The van der Waals surface area contributed by atoms with E-state index in [1.54, 1.807) is 19.5 Å². The van der Waals surface area contributed by atoms with Crippen LogP contribution in [0.2, 0.25) is 0 Å². The fourth-order valence-electron chi connectivity index (χ4n) is 3.03. The summed E-state index contributed by atoms with van der Waals surface area (Å²) >= 11 is 0. The van der Waals surface area contributed by atoms with Crippen LogP contribution in [0.3, 0.4) is 0 Å². The molecule has 1 aliphatic heterocycles. The molecule has 25 heavy (non-hydrogen) atoms. The van der Waals surface area contributed by atoms with Gasteiger partial charge in [0.15, 0.2) is 0 Å². The number of methoxy groups -OCH3 is 1. The first kappa shape index (κ1) is 17.2. The Kier molecular flexibility index (Phi) is 5.45. The van der Waals surface area contributed by atoms with Crippen LogP contribution in [0.25, 0.3) is 0 Å². The number of carbonyl (C=O) groups is 1. The topological polar surface area (TPSA) is 90.6 Å². The van der Waals surface area contributed by atoms with Gasteiger partial charge in [-0.15, -0.1) is 0 Å². The number of hydrogen-bond donors (Lipinski definition) is 1. The maximum atomic E-state index is 11.1. The number of likely N-dealkylation sites (tertiary alicyclic amines) is 1. The van der Waals surface area contributed by atoms with Crippen molar-refractivity contribution in [3.8, 4) is 17.4 Å². The maximum absolute atomic E-state index is 11.1. The highest BCUT2D eigenvalue weighted by Crippen LogP contribution is 2.33. The van der Waals surface area contributed by atoms with E-state index in [1.165, 1.54) is 0 Å². The van der Waals surface area contributed by atoms with E-state index in [-0.39, 0.29) is 11.8 Å². The number of carbonyl (C=O) groups excluding carboxylic acids is 1. The van der Waals surface area contributed by atoms with Crippen molar-refractivity contribution >= 4 is 5.91 Å². The number of aromatic nitrogens is 2. The number of nitrogens with zero attached hydrogens (tertiary/aromatic N) is 3. The van der Waals surface area contributed by atoms with E-state index in [9.17, 15) is 4.79 Å². The van der Waals surface area contributed by atoms with E-state index >= 15 is 0 Å². The minimum Gasteiger partial charge on any atom is -0.497 e. The second-order valence-corrected chi connectivity index (χ2v) is 6.04. The Morgan fingerprint density at radius 3 is 2.44 bits per heavy atom. The quantitative estimate of drug-likeness (QED) is 0.863. The van der Waals surface area contributed by atoms with E-state index < -0.39 is 0 Å². The fraction of sp³-hybridized carbons (Fsp3) is 0.389. The van der Waals surface area contributed by atoms with Crippen molar-refractivity contribution in [2.75, 3.05) is 26.7 Å². The van der Waals surface area contributed by atoms with Crippen LogP contribution in [0.1, 0.15) is 24.5 Å². The lowest BCUT2D eigenvalue weighted by Crippen LogP contribution is -2.39. The molecule has 132 valence electrons. The zero-order chi connectivity index (χ0) is 17.6. The van der Waals surface area contributed by atoms with Crippen LogP contribution in [-0.4, -0.2) is 47.5 Å². The molecule has 1 aromatic heterocycles. The van der Waals surface area contributed by atoms with Crippen LogP contribution >= 0.6 is 0 Å². The Balaban J connectivity index is 1.69. The molecule has 0 unspecified atom stereocenters. The SMILES string of the molecule is COc1ccc(Oc2nccnc2C2CCN(CC(N)=O)CC2)cc1. The lowest BCUT2D eigenvalue weighted by Gasteiger charge is -2.30. The maximum Gasteiger partial charge on any atom is 0.241 e. The van der Waals surface area contributed by atoms with Gasteiger partial charge < -0.3 is 15.2 Å². The smallest absolute Gasteiger partial charge is 0.241 e. The molecule has 1 aliphatic rings. The van der Waals surface area contributed by atoms with Crippen LogP contribution in [0, 0.1) is 0 Å². The van der Waals surface area contributed by atoms with Crippen LogP contribution in [0.15, 0.2) is 36.7 Å². The van der Waals surface area contributed by atoms with E-state index in [4.69, 9.17) is 15.2 Å². The molecular weight excluding hydrogens is 320 g/mol. The second kappa shape index (κ2) is 7.94. The average molecular weight is 342 g/mol. The van der Waals surface area contributed by atoms with Gasteiger partial charge >= 0.3 is 0 Å². The summed E-state index contributed by atoms with van der Waals surface area (Å²) in [6.45, 7) is 1.93. The van der Waals surface area contributed by atoms with Crippen LogP contribution in [-0.2, 0) is 4.79 Å². The summed E-state index contributed by atoms with van der Waals surface area (Å²) in [5.41, 5.74) is 6.13. The van der Waals surface area contributed by atoms with Crippen molar-refractivity contribution in [1.82, 2.24) is 14.9 Å². The van der Waals surface area contributed by atoms with Crippen molar-refractivity contribution in [3.05, 3.63) is 42.4 Å². The zero-order valence-corrected chi connectivity index (χ0v) is 14.2. The predicted octanol–water partition coefficient (Wildman–Crippen LogP) is 1.94. The molecule has 1 saturated heterocycles. The van der Waals surface area contributed by atoms with Gasteiger partial charge in [-0.1, -0.05) is 0 Å². The van der Waals surface area contributed by atoms with Gasteiger partial charge in [0.05, 0.1) is 13.7 Å². The average Bonchev–Trinajstić information content (AvgIpc) is 2.63. The number of rotatable bonds is 6. The van der Waals surface area contributed by atoms with Gasteiger partial charge in [0.2, 0.25) is 11.8 Å². The lowest BCUT2D eigenvalue weighted by molar-refractivity contribution is -0.119. The van der Waals surface area contributed by atoms with Gasteiger partial charge in [0, 0.05) is 18.3 Å². The molecule has 0 radical (unpaired) electrons. The third kappa shape index (κ3) is 4.45. The molecule has 0 aliphatic carbocycles. The molecule has 2 heterocycles. The van der Waals surface area contributed by atoms with Gasteiger partial charge in [-0.25, -0.2) is 4.98 Å². The molecule has 0 spiro atoms. The van der Waals surface area contributed by atoms with E-state index in [0.29, 0.717) is 18.2 Å². The van der Waals surface area contributed by atoms with Crippen molar-refractivity contribution in [2.24, 2.45) is 5.73 Å². The molecule has 3 rings (SSSR count). The summed E-state index contributed by atoms with van der Waals surface area (Å²) in [7, 11) is 1.63. The van der Waals surface area contributed by atoms with Crippen LogP contribution < -0.4 is 15.2 Å². The third-order valence-electron chi connectivity index (χ3n) is 4.32. The van der Waals surface area contributed by atoms with Crippen molar-refractivity contribution in [1.29, 1.82) is 0 Å². The van der Waals surface area contributed by atoms with Gasteiger partial charge in [-0.05, 0) is 50.2 Å². The number of nitrogens with two attached hydrogens (primary N) is 1. The van der Waals surface area contributed by atoms with Gasteiger partial charge in [-0.3, -0.25) is 14.7 Å². The number of ether oxygens (including phenoxy) is 2. The molecule has 7 nitrogen and oxygen atoms in total. The number of amides is 1. The third-order valence-corrected chi connectivity index (χ3v) is 4.32. The minimum atomic E-state index is -0.290. The van der Waals surface area contributed by atoms with E-state index in [1.807, 2.05) is 24.3 Å². The molecule has 0 saturated carbocycles. The van der Waals surface area contributed by atoms with E-state index in [2.05, 4.69) is 14.9 Å². The number of primary amides is 1. The second-order valence-electron chi connectivity index (χ2n) is 6.04. The molecular formula is C18H22N4O3. The molecule has 1 fully saturated rings. The minimum absolute atomic E-state index is 0.256.